The Hall–Kier alpha value is -2.50. The molecule has 0 bridgehead atoms. The molecule has 2 aromatic heterocycles. The second kappa shape index (κ2) is 5.43. The Bertz CT molecular complexity index is 613. The van der Waals surface area contributed by atoms with Crippen molar-refractivity contribution in [1.82, 2.24) is 15.0 Å². The van der Waals surface area contributed by atoms with Crippen molar-refractivity contribution in [2.24, 2.45) is 0 Å². The number of pyridine rings is 1. The second-order valence-corrected chi connectivity index (χ2v) is 4.11. The molecule has 6 heteroatoms. The number of aromatic nitrogens is 3. The Labute approximate surface area is 110 Å². The summed E-state index contributed by atoms with van der Waals surface area (Å²) in [5.41, 5.74) is 1.64. The molecule has 6 nitrogen and oxygen atoms in total. The minimum atomic E-state index is -0.994. The maximum atomic E-state index is 11.2. The molecule has 0 radical (unpaired) electrons. The number of nitrogens with one attached hydrogen (secondary N) is 1. The third-order valence-corrected chi connectivity index (χ3v) is 2.64. The van der Waals surface area contributed by atoms with Crippen LogP contribution in [-0.2, 0) is 6.54 Å². The largest absolute Gasteiger partial charge is 0.478 e. The van der Waals surface area contributed by atoms with E-state index in [9.17, 15) is 9.90 Å². The third-order valence-electron chi connectivity index (χ3n) is 2.64. The first-order valence-corrected chi connectivity index (χ1v) is 5.79. The first-order valence-electron chi connectivity index (χ1n) is 5.79. The maximum absolute atomic E-state index is 11.2. The van der Waals surface area contributed by atoms with E-state index >= 15 is 0 Å². The quantitative estimate of drug-likeness (QED) is 0.869. The van der Waals surface area contributed by atoms with Gasteiger partial charge in [-0.15, -0.1) is 0 Å². The van der Waals surface area contributed by atoms with Gasteiger partial charge in [-0.25, -0.2) is 19.7 Å². The summed E-state index contributed by atoms with van der Waals surface area (Å²) in [4.78, 5) is 23.5. The van der Waals surface area contributed by atoms with Gasteiger partial charge in [0.05, 0.1) is 12.2 Å². The van der Waals surface area contributed by atoms with E-state index in [2.05, 4.69) is 20.3 Å². The number of nitrogens with zero attached hydrogens (tertiary/aromatic N) is 3. The Kier molecular flexibility index (Phi) is 3.70. The van der Waals surface area contributed by atoms with Crippen LogP contribution >= 0.6 is 0 Å². The van der Waals surface area contributed by atoms with Crippen LogP contribution < -0.4 is 5.32 Å². The normalized spacial score (nSPS) is 10.2. The molecule has 2 heterocycles. The number of aromatic carboxylic acids is 1. The Morgan fingerprint density at radius 3 is 2.68 bits per heavy atom. The zero-order chi connectivity index (χ0) is 13.8. The van der Waals surface area contributed by atoms with Crippen molar-refractivity contribution in [3.05, 3.63) is 47.2 Å². The molecule has 0 saturated carbocycles. The molecule has 0 aromatic carbocycles. The van der Waals surface area contributed by atoms with Gasteiger partial charge in [0, 0.05) is 12.4 Å². The van der Waals surface area contributed by atoms with Gasteiger partial charge in [-0.2, -0.15) is 0 Å². The molecule has 0 atom stereocenters. The van der Waals surface area contributed by atoms with Crippen molar-refractivity contribution in [2.45, 2.75) is 20.4 Å². The summed E-state index contributed by atoms with van der Waals surface area (Å²) in [6, 6.07) is 3.44. The molecule has 98 valence electrons. The van der Waals surface area contributed by atoms with Crippen LogP contribution in [0.25, 0.3) is 0 Å². The predicted octanol–water partition coefficient (Wildman–Crippen LogP) is 1.80. The molecule has 0 amide bonds. The maximum Gasteiger partial charge on any atom is 0.339 e. The molecule has 2 N–H and O–H groups in total. The molecule has 2 rings (SSSR count). The smallest absolute Gasteiger partial charge is 0.339 e. The van der Waals surface area contributed by atoms with Crippen LogP contribution in [0.15, 0.2) is 24.5 Å². The lowest BCUT2D eigenvalue weighted by molar-refractivity contribution is 0.0697. The minimum Gasteiger partial charge on any atom is -0.478 e. The average molecular weight is 258 g/mol. The van der Waals surface area contributed by atoms with Crippen LogP contribution in [0.3, 0.4) is 0 Å². The van der Waals surface area contributed by atoms with E-state index in [1.165, 1.54) is 0 Å². The standard InChI is InChI=1S/C13H14N4O2/c1-8-3-5-15-12(11(8)13(18)19)16-7-10-4-6-14-9(2)17-10/h3-6H,7H2,1-2H3,(H,15,16)(H,18,19). The third kappa shape index (κ3) is 3.04. The van der Waals surface area contributed by atoms with Crippen LogP contribution in [0, 0.1) is 13.8 Å². The van der Waals surface area contributed by atoms with E-state index in [-0.39, 0.29) is 5.56 Å². The Balaban J connectivity index is 2.20. The summed E-state index contributed by atoms with van der Waals surface area (Å²) in [5.74, 6) is 0.0330. The molecular weight excluding hydrogens is 244 g/mol. The average Bonchev–Trinajstić information content (AvgIpc) is 2.36. The number of carboxylic acids is 1. The molecular formula is C13H14N4O2. The van der Waals surface area contributed by atoms with E-state index in [1.54, 1.807) is 38.4 Å². The number of hydrogen-bond acceptors (Lipinski definition) is 5. The SMILES string of the molecule is Cc1nccc(CNc2nccc(C)c2C(=O)O)n1. The molecule has 0 aliphatic heterocycles. The van der Waals surface area contributed by atoms with Crippen LogP contribution in [0.4, 0.5) is 5.82 Å². The van der Waals surface area contributed by atoms with Crippen molar-refractivity contribution < 1.29 is 9.90 Å². The number of anilines is 1. The van der Waals surface area contributed by atoms with E-state index in [0.717, 1.165) is 5.69 Å². The highest BCUT2D eigenvalue weighted by atomic mass is 16.4. The van der Waals surface area contributed by atoms with Crippen LogP contribution in [0.5, 0.6) is 0 Å². The van der Waals surface area contributed by atoms with Gasteiger partial charge in [0.15, 0.2) is 0 Å². The number of carbonyl (C=O) groups is 1. The van der Waals surface area contributed by atoms with E-state index in [1.807, 2.05) is 0 Å². The van der Waals surface area contributed by atoms with Gasteiger partial charge in [0.1, 0.15) is 17.2 Å². The zero-order valence-electron chi connectivity index (χ0n) is 10.7. The summed E-state index contributed by atoms with van der Waals surface area (Å²) < 4.78 is 0. The minimum absolute atomic E-state index is 0.188. The molecule has 0 saturated heterocycles. The van der Waals surface area contributed by atoms with Crippen LogP contribution in [0.2, 0.25) is 0 Å². The van der Waals surface area contributed by atoms with Crippen molar-refractivity contribution in [3.8, 4) is 0 Å². The van der Waals surface area contributed by atoms with Crippen molar-refractivity contribution >= 4 is 11.8 Å². The van der Waals surface area contributed by atoms with Gasteiger partial charge in [-0.1, -0.05) is 0 Å². The number of carboxylic acid groups (broad SMARTS) is 1. The van der Waals surface area contributed by atoms with Crippen LogP contribution in [-0.4, -0.2) is 26.0 Å². The number of rotatable bonds is 4. The summed E-state index contributed by atoms with van der Waals surface area (Å²) in [6.07, 6.45) is 3.25. The molecule has 0 spiro atoms. The lowest BCUT2D eigenvalue weighted by Crippen LogP contribution is -2.11. The fraction of sp³-hybridized carbons (Fsp3) is 0.231. The number of aryl methyl sites for hydroxylation is 2. The molecule has 0 aliphatic rings. The highest BCUT2D eigenvalue weighted by Crippen LogP contribution is 2.17. The van der Waals surface area contributed by atoms with Crippen LogP contribution in [0.1, 0.15) is 27.4 Å². The summed E-state index contributed by atoms with van der Waals surface area (Å²) >= 11 is 0. The van der Waals surface area contributed by atoms with Crippen molar-refractivity contribution in [1.29, 1.82) is 0 Å². The molecule has 0 aliphatic carbocycles. The van der Waals surface area contributed by atoms with Gasteiger partial charge in [-0.3, -0.25) is 0 Å². The van der Waals surface area contributed by atoms with Gasteiger partial charge < -0.3 is 10.4 Å². The van der Waals surface area contributed by atoms with Gasteiger partial charge >= 0.3 is 5.97 Å². The lowest BCUT2D eigenvalue weighted by Gasteiger charge is -2.10. The second-order valence-electron chi connectivity index (χ2n) is 4.11. The van der Waals surface area contributed by atoms with Gasteiger partial charge in [0.25, 0.3) is 0 Å². The number of hydrogen-bond donors (Lipinski definition) is 2. The fourth-order valence-corrected chi connectivity index (χ4v) is 1.74. The molecule has 2 aromatic rings. The first-order chi connectivity index (χ1) is 9.08. The van der Waals surface area contributed by atoms with Gasteiger partial charge in [0.2, 0.25) is 0 Å². The molecule has 0 fully saturated rings. The molecule has 19 heavy (non-hydrogen) atoms. The monoisotopic (exact) mass is 258 g/mol. The van der Waals surface area contributed by atoms with Crippen molar-refractivity contribution in [3.63, 3.8) is 0 Å². The highest BCUT2D eigenvalue weighted by Gasteiger charge is 2.14. The topological polar surface area (TPSA) is 88.0 Å². The first kappa shape index (κ1) is 12.9. The Morgan fingerprint density at radius 1 is 1.26 bits per heavy atom. The van der Waals surface area contributed by atoms with E-state index in [0.29, 0.717) is 23.8 Å². The van der Waals surface area contributed by atoms with Gasteiger partial charge in [-0.05, 0) is 31.5 Å². The Morgan fingerprint density at radius 2 is 2.00 bits per heavy atom. The van der Waals surface area contributed by atoms with E-state index < -0.39 is 5.97 Å². The highest BCUT2D eigenvalue weighted by molar-refractivity contribution is 5.94. The summed E-state index contributed by atoms with van der Waals surface area (Å²) in [5, 5.41) is 12.2. The summed E-state index contributed by atoms with van der Waals surface area (Å²) in [7, 11) is 0. The molecule has 0 unspecified atom stereocenters. The van der Waals surface area contributed by atoms with Crippen molar-refractivity contribution in [2.75, 3.05) is 5.32 Å². The lowest BCUT2D eigenvalue weighted by atomic mass is 10.1. The fourth-order valence-electron chi connectivity index (χ4n) is 1.74. The predicted molar refractivity (Wildman–Crippen MR) is 70.0 cm³/mol. The summed E-state index contributed by atoms with van der Waals surface area (Å²) in [6.45, 7) is 3.95. The van der Waals surface area contributed by atoms with E-state index in [4.69, 9.17) is 0 Å². The zero-order valence-corrected chi connectivity index (χ0v) is 10.7.